The summed E-state index contributed by atoms with van der Waals surface area (Å²) in [4.78, 5) is 18.6. The Morgan fingerprint density at radius 2 is 2.13 bits per heavy atom. The fourth-order valence-electron chi connectivity index (χ4n) is 3.44. The minimum Gasteiger partial charge on any atom is -0.368 e. The molecule has 1 atom stereocenters. The molecule has 2 fully saturated rings. The highest BCUT2D eigenvalue weighted by Gasteiger charge is 2.30. The first kappa shape index (κ1) is 16.5. The number of hydrogen-bond donors (Lipinski definition) is 1. The van der Waals surface area contributed by atoms with Crippen LogP contribution in [-0.2, 0) is 16.1 Å². The maximum atomic E-state index is 12.3. The minimum atomic E-state index is -0.174. The number of aromatic nitrogens is 2. The molecule has 1 aromatic heterocycles. The molecule has 3 rings (SSSR count). The van der Waals surface area contributed by atoms with Crippen molar-refractivity contribution in [1.29, 1.82) is 0 Å². The second-order valence-corrected chi connectivity index (χ2v) is 6.66. The van der Waals surface area contributed by atoms with Crippen molar-refractivity contribution in [3.8, 4) is 0 Å². The molecule has 0 bridgehead atoms. The molecule has 6 heteroatoms. The van der Waals surface area contributed by atoms with Crippen molar-refractivity contribution >= 4 is 5.91 Å². The van der Waals surface area contributed by atoms with Crippen LogP contribution in [0.2, 0.25) is 0 Å². The van der Waals surface area contributed by atoms with Crippen LogP contribution in [-0.4, -0.2) is 58.7 Å². The van der Waals surface area contributed by atoms with Gasteiger partial charge < -0.3 is 19.5 Å². The van der Waals surface area contributed by atoms with Gasteiger partial charge in [0, 0.05) is 44.5 Å². The van der Waals surface area contributed by atoms with Gasteiger partial charge in [-0.15, -0.1) is 0 Å². The molecule has 1 aromatic rings. The van der Waals surface area contributed by atoms with Gasteiger partial charge in [0.1, 0.15) is 6.10 Å². The summed E-state index contributed by atoms with van der Waals surface area (Å²) in [5.41, 5.74) is 2.34. The second kappa shape index (κ2) is 7.45. The number of nitrogens with zero attached hydrogens (tertiary/aromatic N) is 3. The van der Waals surface area contributed by atoms with E-state index in [1.165, 1.54) is 5.69 Å². The number of carbonyl (C=O) groups excluding carboxylic acids is 1. The van der Waals surface area contributed by atoms with E-state index in [1.54, 1.807) is 0 Å². The Morgan fingerprint density at radius 3 is 2.74 bits per heavy atom. The molecule has 0 saturated carbocycles. The SMILES string of the molecule is Cc1ncn(CCNC2CCN(C(=O)[C@H]3CCCO3)CC2)c1C. The fourth-order valence-corrected chi connectivity index (χ4v) is 3.44. The van der Waals surface area contributed by atoms with Crippen molar-refractivity contribution in [2.75, 3.05) is 26.2 Å². The predicted molar refractivity (Wildman–Crippen MR) is 88.3 cm³/mol. The normalized spacial score (nSPS) is 22.7. The maximum Gasteiger partial charge on any atom is 0.251 e. The number of aryl methyl sites for hydroxylation is 1. The van der Waals surface area contributed by atoms with Gasteiger partial charge in [-0.2, -0.15) is 0 Å². The summed E-state index contributed by atoms with van der Waals surface area (Å²) >= 11 is 0. The third-order valence-corrected chi connectivity index (χ3v) is 5.14. The number of rotatable bonds is 5. The molecule has 23 heavy (non-hydrogen) atoms. The van der Waals surface area contributed by atoms with Gasteiger partial charge in [0.25, 0.3) is 5.91 Å². The van der Waals surface area contributed by atoms with Crippen LogP contribution in [0.25, 0.3) is 0 Å². The van der Waals surface area contributed by atoms with Crippen LogP contribution in [0.1, 0.15) is 37.1 Å². The molecule has 0 spiro atoms. The molecule has 2 aliphatic heterocycles. The van der Waals surface area contributed by atoms with Crippen molar-refractivity contribution in [2.24, 2.45) is 0 Å². The average Bonchev–Trinajstić information content (AvgIpc) is 3.20. The number of ether oxygens (including phenoxy) is 1. The lowest BCUT2D eigenvalue weighted by Gasteiger charge is -2.33. The zero-order valence-electron chi connectivity index (χ0n) is 14.3. The van der Waals surface area contributed by atoms with Gasteiger partial charge in [0.15, 0.2) is 0 Å². The average molecular weight is 320 g/mol. The zero-order valence-corrected chi connectivity index (χ0v) is 14.3. The third kappa shape index (κ3) is 3.93. The molecule has 0 radical (unpaired) electrons. The second-order valence-electron chi connectivity index (χ2n) is 6.66. The Labute approximate surface area is 138 Å². The van der Waals surface area contributed by atoms with Gasteiger partial charge in [0.05, 0.1) is 12.0 Å². The summed E-state index contributed by atoms with van der Waals surface area (Å²) in [5.74, 6) is 0.200. The third-order valence-electron chi connectivity index (χ3n) is 5.14. The van der Waals surface area contributed by atoms with Gasteiger partial charge in [-0.1, -0.05) is 0 Å². The number of imidazole rings is 1. The van der Waals surface area contributed by atoms with Crippen LogP contribution in [0.4, 0.5) is 0 Å². The van der Waals surface area contributed by atoms with Crippen LogP contribution in [0.15, 0.2) is 6.33 Å². The van der Waals surface area contributed by atoms with Crippen LogP contribution >= 0.6 is 0 Å². The Balaban J connectivity index is 1.37. The lowest BCUT2D eigenvalue weighted by molar-refractivity contribution is -0.142. The minimum absolute atomic E-state index is 0.174. The number of nitrogens with one attached hydrogen (secondary N) is 1. The molecule has 1 N–H and O–H groups in total. The van der Waals surface area contributed by atoms with Crippen molar-refractivity contribution in [3.63, 3.8) is 0 Å². The van der Waals surface area contributed by atoms with Gasteiger partial charge in [-0.05, 0) is 39.5 Å². The van der Waals surface area contributed by atoms with Gasteiger partial charge in [-0.25, -0.2) is 4.98 Å². The first-order valence-electron chi connectivity index (χ1n) is 8.77. The first-order chi connectivity index (χ1) is 11.1. The topological polar surface area (TPSA) is 59.4 Å². The number of likely N-dealkylation sites (tertiary alicyclic amines) is 1. The Kier molecular flexibility index (Phi) is 5.33. The molecule has 0 aromatic carbocycles. The van der Waals surface area contributed by atoms with Crippen molar-refractivity contribution < 1.29 is 9.53 Å². The van der Waals surface area contributed by atoms with E-state index in [0.717, 1.165) is 64.2 Å². The van der Waals surface area contributed by atoms with Crippen molar-refractivity contribution in [1.82, 2.24) is 19.8 Å². The lowest BCUT2D eigenvalue weighted by Crippen LogP contribution is -2.48. The van der Waals surface area contributed by atoms with E-state index in [-0.39, 0.29) is 12.0 Å². The standard InChI is InChI=1S/C17H28N4O2/c1-13-14(2)21(12-19-13)10-7-18-15-5-8-20(9-6-15)17(22)16-4-3-11-23-16/h12,15-16,18H,3-11H2,1-2H3/t16-/m1/s1. The summed E-state index contributed by atoms with van der Waals surface area (Å²) in [5, 5.41) is 3.62. The molecule has 2 aliphatic rings. The van der Waals surface area contributed by atoms with Crippen LogP contribution in [0, 0.1) is 13.8 Å². The van der Waals surface area contributed by atoms with Gasteiger partial charge >= 0.3 is 0 Å². The fraction of sp³-hybridized carbons (Fsp3) is 0.765. The van der Waals surface area contributed by atoms with E-state index in [1.807, 2.05) is 18.2 Å². The summed E-state index contributed by atoms with van der Waals surface area (Å²) in [6, 6.07) is 0.508. The quantitative estimate of drug-likeness (QED) is 0.887. The molecule has 3 heterocycles. The van der Waals surface area contributed by atoms with E-state index in [0.29, 0.717) is 6.04 Å². The molecule has 0 aliphatic carbocycles. The van der Waals surface area contributed by atoms with E-state index < -0.39 is 0 Å². The predicted octanol–water partition coefficient (Wildman–Crippen LogP) is 1.26. The van der Waals surface area contributed by atoms with Crippen LogP contribution in [0.5, 0.6) is 0 Å². The molecule has 1 amide bonds. The van der Waals surface area contributed by atoms with Crippen LogP contribution < -0.4 is 5.32 Å². The highest BCUT2D eigenvalue weighted by molar-refractivity contribution is 5.81. The van der Waals surface area contributed by atoms with E-state index >= 15 is 0 Å². The molecule has 2 saturated heterocycles. The Bertz CT molecular complexity index is 529. The highest BCUT2D eigenvalue weighted by Crippen LogP contribution is 2.18. The molecule has 0 unspecified atom stereocenters. The molecule has 128 valence electrons. The molecular weight excluding hydrogens is 292 g/mol. The van der Waals surface area contributed by atoms with Gasteiger partial charge in [0.2, 0.25) is 0 Å². The van der Waals surface area contributed by atoms with Gasteiger partial charge in [-0.3, -0.25) is 4.79 Å². The number of carbonyl (C=O) groups is 1. The van der Waals surface area contributed by atoms with Crippen molar-refractivity contribution in [3.05, 3.63) is 17.7 Å². The van der Waals surface area contributed by atoms with E-state index in [2.05, 4.69) is 21.8 Å². The summed E-state index contributed by atoms with van der Waals surface area (Å²) in [6.07, 6.45) is 5.70. The summed E-state index contributed by atoms with van der Waals surface area (Å²) < 4.78 is 7.70. The van der Waals surface area contributed by atoms with Crippen LogP contribution in [0.3, 0.4) is 0 Å². The smallest absolute Gasteiger partial charge is 0.251 e. The van der Waals surface area contributed by atoms with Crippen molar-refractivity contribution in [2.45, 2.75) is 58.2 Å². The highest BCUT2D eigenvalue weighted by atomic mass is 16.5. The number of hydrogen-bond acceptors (Lipinski definition) is 4. The largest absolute Gasteiger partial charge is 0.368 e. The summed E-state index contributed by atoms with van der Waals surface area (Å²) in [6.45, 7) is 8.47. The lowest BCUT2D eigenvalue weighted by atomic mass is 10.0. The zero-order chi connectivity index (χ0) is 16.2. The first-order valence-corrected chi connectivity index (χ1v) is 8.77. The monoisotopic (exact) mass is 320 g/mol. The number of piperidine rings is 1. The van der Waals surface area contributed by atoms with E-state index in [4.69, 9.17) is 4.74 Å². The Hall–Kier alpha value is -1.40. The maximum absolute atomic E-state index is 12.3. The number of amides is 1. The molecular formula is C17H28N4O2. The molecule has 6 nitrogen and oxygen atoms in total. The van der Waals surface area contributed by atoms with E-state index in [9.17, 15) is 4.79 Å². The summed E-state index contributed by atoms with van der Waals surface area (Å²) in [7, 11) is 0. The Morgan fingerprint density at radius 1 is 1.35 bits per heavy atom.